The molecule has 2 aromatic carbocycles. The largest absolute Gasteiger partial charge is 0.497 e. The van der Waals surface area contributed by atoms with Gasteiger partial charge in [-0.2, -0.15) is 0 Å². The van der Waals surface area contributed by atoms with Crippen LogP contribution in [-0.2, 0) is 20.9 Å². The minimum Gasteiger partial charge on any atom is -0.497 e. The van der Waals surface area contributed by atoms with E-state index in [9.17, 15) is 14.4 Å². The molecule has 2 aromatic rings. The standard InChI is InChI=1S/C26H29ClN2O4/c1-25(2)22(26(25,3)4)24(32)28(15-16-8-6-7-9-19(16)27)20-14-21(30)29(23(20)31)17-10-12-18(33-5)13-11-17/h6-13,20,22H,14-15H2,1-5H3. The average Bonchev–Trinajstić information content (AvgIpc) is 3.01. The summed E-state index contributed by atoms with van der Waals surface area (Å²) in [5.41, 5.74) is 0.798. The summed E-state index contributed by atoms with van der Waals surface area (Å²) in [6.45, 7) is 8.42. The Hall–Kier alpha value is -2.86. The Bertz CT molecular complexity index is 1100. The van der Waals surface area contributed by atoms with Crippen LogP contribution in [0.5, 0.6) is 5.75 Å². The molecule has 2 aliphatic rings. The van der Waals surface area contributed by atoms with Gasteiger partial charge < -0.3 is 9.64 Å². The molecule has 1 saturated heterocycles. The average molecular weight is 469 g/mol. The summed E-state index contributed by atoms with van der Waals surface area (Å²) in [5.74, 6) is -0.468. The molecule has 1 aliphatic carbocycles. The van der Waals surface area contributed by atoms with Crippen LogP contribution in [0.2, 0.25) is 5.02 Å². The lowest BCUT2D eigenvalue weighted by molar-refractivity contribution is -0.141. The number of hydrogen-bond acceptors (Lipinski definition) is 4. The highest BCUT2D eigenvalue weighted by atomic mass is 35.5. The van der Waals surface area contributed by atoms with E-state index < -0.39 is 11.9 Å². The van der Waals surface area contributed by atoms with Crippen molar-refractivity contribution < 1.29 is 19.1 Å². The molecule has 1 saturated carbocycles. The van der Waals surface area contributed by atoms with Gasteiger partial charge in [0.15, 0.2) is 0 Å². The van der Waals surface area contributed by atoms with Crippen molar-refractivity contribution in [3.05, 3.63) is 59.1 Å². The zero-order chi connectivity index (χ0) is 24.1. The summed E-state index contributed by atoms with van der Waals surface area (Å²) < 4.78 is 5.17. The van der Waals surface area contributed by atoms with E-state index in [1.165, 1.54) is 4.90 Å². The summed E-state index contributed by atoms with van der Waals surface area (Å²) >= 11 is 6.39. The Morgan fingerprint density at radius 2 is 1.67 bits per heavy atom. The van der Waals surface area contributed by atoms with Gasteiger partial charge in [0.25, 0.3) is 5.91 Å². The van der Waals surface area contributed by atoms with Crippen LogP contribution in [0.3, 0.4) is 0 Å². The van der Waals surface area contributed by atoms with Gasteiger partial charge in [0.1, 0.15) is 11.8 Å². The lowest BCUT2D eigenvalue weighted by Gasteiger charge is -2.29. The fraction of sp³-hybridized carbons (Fsp3) is 0.423. The van der Waals surface area contributed by atoms with Gasteiger partial charge in [-0.3, -0.25) is 14.4 Å². The van der Waals surface area contributed by atoms with Gasteiger partial charge >= 0.3 is 0 Å². The molecule has 1 atom stereocenters. The van der Waals surface area contributed by atoms with Crippen molar-refractivity contribution in [2.75, 3.05) is 12.0 Å². The highest BCUT2D eigenvalue weighted by Gasteiger charge is 2.69. The van der Waals surface area contributed by atoms with E-state index in [0.29, 0.717) is 16.5 Å². The number of methoxy groups -OCH3 is 1. The Balaban J connectivity index is 1.68. The Morgan fingerprint density at radius 3 is 2.21 bits per heavy atom. The molecule has 0 bridgehead atoms. The molecular weight excluding hydrogens is 440 g/mol. The summed E-state index contributed by atoms with van der Waals surface area (Å²) in [5, 5.41) is 0.522. The van der Waals surface area contributed by atoms with Crippen LogP contribution in [0.15, 0.2) is 48.5 Å². The molecule has 1 heterocycles. The molecular formula is C26H29ClN2O4. The smallest absolute Gasteiger partial charge is 0.257 e. The predicted molar refractivity (Wildman–Crippen MR) is 127 cm³/mol. The number of amides is 3. The maximum Gasteiger partial charge on any atom is 0.257 e. The van der Waals surface area contributed by atoms with Crippen molar-refractivity contribution in [2.24, 2.45) is 16.7 Å². The first kappa shape index (κ1) is 23.3. The summed E-state index contributed by atoms with van der Waals surface area (Å²) in [6, 6.07) is 13.1. The van der Waals surface area contributed by atoms with Crippen LogP contribution >= 0.6 is 11.6 Å². The topological polar surface area (TPSA) is 66.9 Å². The number of nitrogens with zero attached hydrogens (tertiary/aromatic N) is 2. The van der Waals surface area contributed by atoms with E-state index in [-0.39, 0.29) is 41.5 Å². The third kappa shape index (κ3) is 3.80. The molecule has 2 fully saturated rings. The molecule has 33 heavy (non-hydrogen) atoms. The Labute approximate surface area is 199 Å². The van der Waals surface area contributed by atoms with Gasteiger partial charge in [-0.15, -0.1) is 0 Å². The van der Waals surface area contributed by atoms with Crippen molar-refractivity contribution in [3.63, 3.8) is 0 Å². The molecule has 6 nitrogen and oxygen atoms in total. The number of carbonyl (C=O) groups excluding carboxylic acids is 3. The van der Waals surface area contributed by atoms with Gasteiger partial charge in [-0.1, -0.05) is 57.5 Å². The molecule has 0 N–H and O–H groups in total. The Kier molecular flexibility index (Phi) is 5.77. The van der Waals surface area contributed by atoms with Crippen LogP contribution in [0.4, 0.5) is 5.69 Å². The van der Waals surface area contributed by atoms with E-state index in [0.717, 1.165) is 5.56 Å². The van der Waals surface area contributed by atoms with Crippen LogP contribution in [-0.4, -0.2) is 35.8 Å². The van der Waals surface area contributed by atoms with Crippen molar-refractivity contribution >= 4 is 35.0 Å². The fourth-order valence-electron chi connectivity index (χ4n) is 4.99. The van der Waals surface area contributed by atoms with Crippen LogP contribution in [0.25, 0.3) is 0 Å². The second kappa shape index (κ2) is 8.17. The van der Waals surface area contributed by atoms with Gasteiger partial charge in [0.05, 0.1) is 19.2 Å². The minimum atomic E-state index is -0.879. The van der Waals surface area contributed by atoms with E-state index in [1.54, 1.807) is 42.3 Å². The normalized spacial score (nSPS) is 21.3. The first-order valence-electron chi connectivity index (χ1n) is 11.1. The molecule has 0 radical (unpaired) electrons. The highest BCUT2D eigenvalue weighted by molar-refractivity contribution is 6.31. The lowest BCUT2D eigenvalue weighted by atomic mass is 10.0. The number of carbonyl (C=O) groups is 3. The quantitative estimate of drug-likeness (QED) is 0.577. The summed E-state index contributed by atoms with van der Waals surface area (Å²) in [6.07, 6.45) is -0.0609. The molecule has 4 rings (SSSR count). The third-order valence-corrected chi connectivity index (χ3v) is 8.05. The lowest BCUT2D eigenvalue weighted by Crippen LogP contribution is -2.46. The number of hydrogen-bond donors (Lipinski definition) is 0. The Morgan fingerprint density at radius 1 is 1.06 bits per heavy atom. The van der Waals surface area contributed by atoms with Gasteiger partial charge in [0, 0.05) is 17.5 Å². The van der Waals surface area contributed by atoms with Gasteiger partial charge in [-0.05, 0) is 46.7 Å². The first-order valence-corrected chi connectivity index (χ1v) is 11.4. The van der Waals surface area contributed by atoms with E-state index in [1.807, 2.05) is 18.2 Å². The van der Waals surface area contributed by atoms with Crippen LogP contribution in [0, 0.1) is 16.7 Å². The summed E-state index contributed by atoms with van der Waals surface area (Å²) in [7, 11) is 1.55. The van der Waals surface area contributed by atoms with Crippen molar-refractivity contribution in [3.8, 4) is 5.75 Å². The second-order valence-electron chi connectivity index (χ2n) is 9.92. The molecule has 174 valence electrons. The predicted octanol–water partition coefficient (Wildman–Crippen LogP) is 4.69. The highest BCUT2D eigenvalue weighted by Crippen LogP contribution is 2.69. The van der Waals surface area contributed by atoms with Gasteiger partial charge in [-0.25, -0.2) is 4.90 Å². The molecule has 3 amide bonds. The van der Waals surface area contributed by atoms with E-state index >= 15 is 0 Å². The van der Waals surface area contributed by atoms with Gasteiger partial charge in [0.2, 0.25) is 11.8 Å². The molecule has 0 spiro atoms. The fourth-order valence-corrected chi connectivity index (χ4v) is 5.19. The zero-order valence-electron chi connectivity index (χ0n) is 19.6. The monoisotopic (exact) mass is 468 g/mol. The second-order valence-corrected chi connectivity index (χ2v) is 10.3. The number of ether oxygens (including phenoxy) is 1. The SMILES string of the molecule is COc1ccc(N2C(=O)CC(N(Cc3ccccc3Cl)C(=O)C3C(C)(C)C3(C)C)C2=O)cc1. The number of anilines is 1. The number of halogens is 1. The number of imide groups is 1. The van der Waals surface area contributed by atoms with Crippen LogP contribution in [0.1, 0.15) is 39.7 Å². The van der Waals surface area contributed by atoms with E-state index in [2.05, 4.69) is 27.7 Å². The van der Waals surface area contributed by atoms with Crippen LogP contribution < -0.4 is 9.64 Å². The number of benzene rings is 2. The number of rotatable bonds is 6. The van der Waals surface area contributed by atoms with Crippen molar-refractivity contribution in [2.45, 2.75) is 46.7 Å². The minimum absolute atomic E-state index is 0.0609. The first-order chi connectivity index (χ1) is 15.5. The van der Waals surface area contributed by atoms with Crippen molar-refractivity contribution in [1.82, 2.24) is 4.90 Å². The summed E-state index contributed by atoms with van der Waals surface area (Å²) in [4.78, 5) is 43.0. The maximum atomic E-state index is 13.8. The molecule has 1 aliphatic heterocycles. The molecule has 7 heteroatoms. The van der Waals surface area contributed by atoms with E-state index in [4.69, 9.17) is 16.3 Å². The maximum absolute atomic E-state index is 13.8. The third-order valence-electron chi connectivity index (χ3n) is 7.68. The molecule has 1 unspecified atom stereocenters. The zero-order valence-corrected chi connectivity index (χ0v) is 20.3. The van der Waals surface area contributed by atoms with Crippen molar-refractivity contribution in [1.29, 1.82) is 0 Å². The molecule has 0 aromatic heterocycles.